The second kappa shape index (κ2) is 6.54. The summed E-state index contributed by atoms with van der Waals surface area (Å²) in [7, 11) is 0. The molecule has 130 valence electrons. The number of benzene rings is 1. The molecule has 1 amide bonds. The number of carbonyl (C=O) groups excluding carboxylic acids is 1. The molecule has 1 aromatic heterocycles. The Balaban J connectivity index is 2.05. The summed E-state index contributed by atoms with van der Waals surface area (Å²) in [5, 5.41) is 9.33. The van der Waals surface area contributed by atoms with E-state index in [0.717, 1.165) is 5.69 Å². The number of carbonyl (C=O) groups is 1. The van der Waals surface area contributed by atoms with Crippen molar-refractivity contribution in [2.45, 2.75) is 32.4 Å². The van der Waals surface area contributed by atoms with E-state index in [0.29, 0.717) is 5.69 Å². The van der Waals surface area contributed by atoms with Crippen molar-refractivity contribution in [1.82, 2.24) is 10.2 Å². The molecule has 0 aliphatic heterocycles. The molecule has 0 bridgehead atoms. The van der Waals surface area contributed by atoms with Crippen molar-refractivity contribution in [2.24, 2.45) is 0 Å². The number of nitrogens with one attached hydrogen (secondary N) is 2. The van der Waals surface area contributed by atoms with Crippen molar-refractivity contribution in [3.63, 3.8) is 0 Å². The number of aromatic nitrogens is 2. The van der Waals surface area contributed by atoms with Crippen LogP contribution in [0.2, 0.25) is 0 Å². The van der Waals surface area contributed by atoms with Crippen LogP contribution in [0.3, 0.4) is 0 Å². The first-order chi connectivity index (χ1) is 11.0. The Labute approximate surface area is 137 Å². The van der Waals surface area contributed by atoms with Crippen molar-refractivity contribution >= 4 is 11.6 Å². The number of aromatic amines is 1. The predicted octanol–water partition coefficient (Wildman–Crippen LogP) is 3.90. The highest BCUT2D eigenvalue weighted by Crippen LogP contribution is 2.23. The minimum Gasteiger partial charge on any atom is -0.484 e. The summed E-state index contributed by atoms with van der Waals surface area (Å²) in [5.74, 6) is -0.447. The second-order valence-corrected chi connectivity index (χ2v) is 6.30. The fourth-order valence-electron chi connectivity index (χ4n) is 1.85. The lowest BCUT2D eigenvalue weighted by atomic mass is 9.92. The number of H-pyrrole nitrogens is 1. The maximum absolute atomic E-state index is 12.2. The monoisotopic (exact) mass is 341 g/mol. The summed E-state index contributed by atoms with van der Waals surface area (Å²) < 4.78 is 41.1. The molecule has 2 aromatic rings. The molecule has 1 heterocycles. The summed E-state index contributed by atoms with van der Waals surface area (Å²) in [5.41, 5.74) is 1.13. The van der Waals surface area contributed by atoms with E-state index in [1.165, 1.54) is 18.2 Å². The molecule has 8 heteroatoms. The quantitative estimate of drug-likeness (QED) is 0.886. The standard InChI is InChI=1S/C16H18F3N3O2/c1-15(2,3)13-8-12(21-22-13)14(23)20-10-5-4-6-11(7-10)24-9-16(17,18)19/h4-8H,9H2,1-3H3,(H,20,23)(H,21,22). The van der Waals surface area contributed by atoms with Gasteiger partial charge in [-0.05, 0) is 18.2 Å². The number of alkyl halides is 3. The predicted molar refractivity (Wildman–Crippen MR) is 83.2 cm³/mol. The maximum atomic E-state index is 12.2. The Morgan fingerprint density at radius 2 is 1.96 bits per heavy atom. The molecule has 1 aromatic carbocycles. The lowest BCUT2D eigenvalue weighted by Crippen LogP contribution is -2.19. The molecule has 0 saturated carbocycles. The van der Waals surface area contributed by atoms with E-state index >= 15 is 0 Å². The van der Waals surface area contributed by atoms with Crippen LogP contribution in [0.4, 0.5) is 18.9 Å². The Morgan fingerprint density at radius 3 is 2.54 bits per heavy atom. The number of anilines is 1. The third kappa shape index (κ3) is 5.00. The first kappa shape index (κ1) is 17.8. The summed E-state index contributed by atoms with van der Waals surface area (Å²) in [6.45, 7) is 4.54. The van der Waals surface area contributed by atoms with Crippen LogP contribution in [0.1, 0.15) is 37.0 Å². The lowest BCUT2D eigenvalue weighted by molar-refractivity contribution is -0.153. The maximum Gasteiger partial charge on any atom is 0.422 e. The number of nitrogens with zero attached hydrogens (tertiary/aromatic N) is 1. The number of hydrogen-bond acceptors (Lipinski definition) is 3. The Kier molecular flexibility index (Phi) is 4.86. The van der Waals surface area contributed by atoms with Gasteiger partial charge in [-0.15, -0.1) is 0 Å². The summed E-state index contributed by atoms with van der Waals surface area (Å²) >= 11 is 0. The van der Waals surface area contributed by atoms with E-state index in [-0.39, 0.29) is 16.9 Å². The molecular weight excluding hydrogens is 323 g/mol. The normalized spacial score (nSPS) is 12.1. The van der Waals surface area contributed by atoms with E-state index in [1.807, 2.05) is 20.8 Å². The molecule has 2 N–H and O–H groups in total. The highest BCUT2D eigenvalue weighted by atomic mass is 19.4. The molecule has 0 unspecified atom stereocenters. The molecule has 0 aliphatic rings. The van der Waals surface area contributed by atoms with Gasteiger partial charge in [0, 0.05) is 22.9 Å². The van der Waals surface area contributed by atoms with Crippen LogP contribution in [0.15, 0.2) is 30.3 Å². The fourth-order valence-corrected chi connectivity index (χ4v) is 1.85. The minimum atomic E-state index is -4.42. The van der Waals surface area contributed by atoms with Gasteiger partial charge in [-0.2, -0.15) is 18.3 Å². The SMILES string of the molecule is CC(C)(C)c1cc(C(=O)Nc2cccc(OCC(F)(F)F)c2)n[nH]1. The van der Waals surface area contributed by atoms with Gasteiger partial charge >= 0.3 is 6.18 Å². The molecule has 5 nitrogen and oxygen atoms in total. The highest BCUT2D eigenvalue weighted by Gasteiger charge is 2.28. The largest absolute Gasteiger partial charge is 0.484 e. The van der Waals surface area contributed by atoms with E-state index < -0.39 is 18.7 Å². The van der Waals surface area contributed by atoms with E-state index in [2.05, 4.69) is 20.3 Å². The van der Waals surface area contributed by atoms with Gasteiger partial charge in [0.05, 0.1) is 0 Å². The van der Waals surface area contributed by atoms with Crippen LogP contribution in [0.25, 0.3) is 0 Å². The van der Waals surface area contributed by atoms with E-state index in [1.54, 1.807) is 12.1 Å². The zero-order chi connectivity index (χ0) is 18.0. The second-order valence-electron chi connectivity index (χ2n) is 6.30. The zero-order valence-corrected chi connectivity index (χ0v) is 13.5. The summed E-state index contributed by atoms with van der Waals surface area (Å²) in [6, 6.07) is 7.38. The first-order valence-electron chi connectivity index (χ1n) is 7.21. The van der Waals surface area contributed by atoms with E-state index in [4.69, 9.17) is 0 Å². The number of amides is 1. The summed E-state index contributed by atoms with van der Waals surface area (Å²) in [6.07, 6.45) is -4.42. The topological polar surface area (TPSA) is 67.0 Å². The zero-order valence-electron chi connectivity index (χ0n) is 13.5. The number of halogens is 3. The number of hydrogen-bond donors (Lipinski definition) is 2. The minimum absolute atomic E-state index is 0.0162. The molecule has 0 aliphatic carbocycles. The third-order valence-corrected chi connectivity index (χ3v) is 3.11. The smallest absolute Gasteiger partial charge is 0.422 e. The molecule has 0 atom stereocenters. The number of rotatable bonds is 4. The van der Waals surface area contributed by atoms with Gasteiger partial charge in [0.15, 0.2) is 12.3 Å². The van der Waals surface area contributed by atoms with Gasteiger partial charge in [-0.3, -0.25) is 9.89 Å². The van der Waals surface area contributed by atoms with Crippen molar-refractivity contribution in [3.05, 3.63) is 41.7 Å². The molecule has 2 rings (SSSR count). The molecule has 0 radical (unpaired) electrons. The van der Waals surface area contributed by atoms with Crippen molar-refractivity contribution in [3.8, 4) is 5.75 Å². The van der Waals surface area contributed by atoms with Gasteiger partial charge < -0.3 is 10.1 Å². The van der Waals surface area contributed by atoms with Crippen molar-refractivity contribution < 1.29 is 22.7 Å². The molecular formula is C16H18F3N3O2. The summed E-state index contributed by atoms with van der Waals surface area (Å²) in [4.78, 5) is 12.2. The number of ether oxygens (including phenoxy) is 1. The van der Waals surface area contributed by atoms with Crippen molar-refractivity contribution in [1.29, 1.82) is 0 Å². The molecule has 0 fully saturated rings. The average molecular weight is 341 g/mol. The van der Waals surface area contributed by atoms with Gasteiger partial charge in [0.25, 0.3) is 5.91 Å². The van der Waals surface area contributed by atoms with Gasteiger partial charge in [-0.25, -0.2) is 0 Å². The lowest BCUT2D eigenvalue weighted by Gasteiger charge is -2.14. The molecule has 24 heavy (non-hydrogen) atoms. The molecule has 0 spiro atoms. The van der Waals surface area contributed by atoms with Crippen LogP contribution >= 0.6 is 0 Å². The van der Waals surface area contributed by atoms with Crippen LogP contribution in [0, 0.1) is 0 Å². The molecule has 0 saturated heterocycles. The Bertz CT molecular complexity index is 718. The van der Waals surface area contributed by atoms with Crippen LogP contribution in [0.5, 0.6) is 5.75 Å². The first-order valence-corrected chi connectivity index (χ1v) is 7.21. The third-order valence-electron chi connectivity index (χ3n) is 3.11. The van der Waals surface area contributed by atoms with Gasteiger partial charge in [0.2, 0.25) is 0 Å². The van der Waals surface area contributed by atoms with Crippen LogP contribution in [-0.2, 0) is 5.41 Å². The van der Waals surface area contributed by atoms with E-state index in [9.17, 15) is 18.0 Å². The average Bonchev–Trinajstić information content (AvgIpc) is 2.95. The van der Waals surface area contributed by atoms with Crippen LogP contribution in [-0.4, -0.2) is 28.9 Å². The Hall–Kier alpha value is -2.51. The fraction of sp³-hybridized carbons (Fsp3) is 0.375. The van der Waals surface area contributed by atoms with Gasteiger partial charge in [-0.1, -0.05) is 26.8 Å². The van der Waals surface area contributed by atoms with Gasteiger partial charge in [0.1, 0.15) is 5.75 Å². The van der Waals surface area contributed by atoms with Crippen LogP contribution < -0.4 is 10.1 Å². The highest BCUT2D eigenvalue weighted by molar-refractivity contribution is 6.03. The Morgan fingerprint density at radius 1 is 1.25 bits per heavy atom. The van der Waals surface area contributed by atoms with Crippen molar-refractivity contribution in [2.75, 3.05) is 11.9 Å².